The fourth-order valence-corrected chi connectivity index (χ4v) is 4.69. The van der Waals surface area contributed by atoms with Crippen LogP contribution in [0.4, 0.5) is 0 Å². The molecule has 7 heteroatoms. The van der Waals surface area contributed by atoms with Crippen LogP contribution in [0.2, 0.25) is 0 Å². The topological polar surface area (TPSA) is 93.8 Å². The van der Waals surface area contributed by atoms with Gasteiger partial charge < -0.3 is 14.3 Å². The first-order chi connectivity index (χ1) is 16.3. The third-order valence-electron chi connectivity index (χ3n) is 6.00. The summed E-state index contributed by atoms with van der Waals surface area (Å²) >= 11 is 1.65. The van der Waals surface area contributed by atoms with Crippen molar-refractivity contribution in [2.45, 2.75) is 64.7 Å². The van der Waals surface area contributed by atoms with Crippen molar-refractivity contribution in [1.29, 1.82) is 0 Å². The highest BCUT2D eigenvalue weighted by molar-refractivity contribution is 7.12. The monoisotopic (exact) mass is 484 g/mol. The molecule has 3 rings (SSSR count). The van der Waals surface area contributed by atoms with Gasteiger partial charge in [0.05, 0.1) is 13.5 Å². The Balaban J connectivity index is 1.63. The lowest BCUT2D eigenvalue weighted by Crippen LogP contribution is -2.16. The zero-order valence-corrected chi connectivity index (χ0v) is 20.8. The highest BCUT2D eigenvalue weighted by atomic mass is 32.1. The number of carbonyl (C=O) groups excluding carboxylic acids is 2. The van der Waals surface area contributed by atoms with Gasteiger partial charge in [0.2, 0.25) is 0 Å². The number of Topliss-reactive ketones (excluding diaryl/α,β-unsaturated/α-hetero) is 1. The van der Waals surface area contributed by atoms with Gasteiger partial charge in [-0.3, -0.25) is 9.59 Å². The Bertz CT molecular complexity index is 1130. The van der Waals surface area contributed by atoms with E-state index < -0.39 is 11.4 Å². The molecule has 182 valence electrons. The lowest BCUT2D eigenvalue weighted by Gasteiger charge is -2.11. The van der Waals surface area contributed by atoms with Gasteiger partial charge in [-0.2, -0.15) is 0 Å². The van der Waals surface area contributed by atoms with Crippen molar-refractivity contribution in [3.8, 4) is 5.75 Å². The number of hydrogen-bond acceptors (Lipinski definition) is 7. The molecule has 1 fully saturated rings. The van der Waals surface area contributed by atoms with Crippen LogP contribution in [0.1, 0.15) is 84.2 Å². The molecule has 0 bridgehead atoms. The van der Waals surface area contributed by atoms with Crippen molar-refractivity contribution in [1.82, 2.24) is 0 Å². The number of esters is 1. The summed E-state index contributed by atoms with van der Waals surface area (Å²) in [4.78, 5) is 38.8. The predicted molar refractivity (Wildman–Crippen MR) is 133 cm³/mol. The Morgan fingerprint density at radius 1 is 1.29 bits per heavy atom. The smallest absolute Gasteiger partial charge is 0.351 e. The minimum absolute atomic E-state index is 0.151. The fraction of sp³-hybridized carbons (Fsp3) is 0.444. The van der Waals surface area contributed by atoms with E-state index in [2.05, 4.69) is 10.8 Å². The van der Waals surface area contributed by atoms with Crippen LogP contribution in [0.15, 0.2) is 45.1 Å². The van der Waals surface area contributed by atoms with Gasteiger partial charge >= 0.3 is 11.6 Å². The summed E-state index contributed by atoms with van der Waals surface area (Å²) < 4.78 is 9.97. The van der Waals surface area contributed by atoms with Gasteiger partial charge in [-0.25, -0.2) is 4.79 Å². The van der Waals surface area contributed by atoms with Crippen molar-refractivity contribution in [2.24, 2.45) is 5.92 Å². The van der Waals surface area contributed by atoms with Crippen molar-refractivity contribution >= 4 is 29.2 Å². The lowest BCUT2D eigenvalue weighted by atomic mass is 9.99. The van der Waals surface area contributed by atoms with Crippen LogP contribution in [0.25, 0.3) is 6.08 Å². The SMILES string of the molecule is COC(=O)C/C=C/CCC(C)c1cc(O)c(C(=O)C(C)=Cc2ccc(CCC3CC3)s2)c(=O)o1. The molecule has 0 spiro atoms. The Morgan fingerprint density at radius 2 is 2.06 bits per heavy atom. The second-order valence-electron chi connectivity index (χ2n) is 8.87. The summed E-state index contributed by atoms with van der Waals surface area (Å²) in [5.41, 5.74) is -0.806. The van der Waals surface area contributed by atoms with Crippen molar-refractivity contribution in [3.05, 3.63) is 67.4 Å². The molecule has 1 aliphatic carbocycles. The van der Waals surface area contributed by atoms with Crippen LogP contribution in [-0.2, 0) is 16.0 Å². The van der Waals surface area contributed by atoms with Gasteiger partial charge in [0.15, 0.2) is 5.78 Å². The molecule has 0 radical (unpaired) electrons. The summed E-state index contributed by atoms with van der Waals surface area (Å²) in [5, 5.41) is 10.5. The van der Waals surface area contributed by atoms with E-state index in [-0.39, 0.29) is 29.6 Å². The average Bonchev–Trinajstić information content (AvgIpc) is 3.54. The molecule has 0 aromatic carbocycles. The van der Waals surface area contributed by atoms with E-state index in [1.807, 2.05) is 19.1 Å². The number of methoxy groups -OCH3 is 1. The van der Waals surface area contributed by atoms with Crippen LogP contribution in [0.3, 0.4) is 0 Å². The van der Waals surface area contributed by atoms with Gasteiger partial charge in [0.25, 0.3) is 0 Å². The van der Waals surface area contributed by atoms with E-state index in [0.29, 0.717) is 24.2 Å². The first kappa shape index (κ1) is 25.7. The number of aryl methyl sites for hydroxylation is 1. The predicted octanol–water partition coefficient (Wildman–Crippen LogP) is 6.04. The van der Waals surface area contributed by atoms with Gasteiger partial charge in [-0.05, 0) is 62.3 Å². The number of ketones is 1. The number of hydrogen-bond donors (Lipinski definition) is 1. The summed E-state index contributed by atoms with van der Waals surface area (Å²) in [5.74, 6) is -0.168. The molecule has 2 heterocycles. The summed E-state index contributed by atoms with van der Waals surface area (Å²) in [6.07, 6.45) is 11.8. The lowest BCUT2D eigenvalue weighted by molar-refractivity contribution is -0.139. The molecule has 2 aromatic heterocycles. The number of rotatable bonds is 12. The Labute approximate surface area is 204 Å². The molecule has 34 heavy (non-hydrogen) atoms. The molecular weight excluding hydrogens is 452 g/mol. The second-order valence-corrected chi connectivity index (χ2v) is 10.1. The van der Waals surface area contributed by atoms with Crippen LogP contribution in [0, 0.1) is 5.92 Å². The molecule has 6 nitrogen and oxygen atoms in total. The molecule has 1 aliphatic rings. The van der Waals surface area contributed by atoms with E-state index in [0.717, 1.165) is 17.2 Å². The number of thiophene rings is 1. The van der Waals surface area contributed by atoms with Crippen molar-refractivity contribution < 1.29 is 23.8 Å². The summed E-state index contributed by atoms with van der Waals surface area (Å²) in [6.45, 7) is 3.51. The third kappa shape index (κ3) is 7.29. The van der Waals surface area contributed by atoms with Crippen LogP contribution in [0.5, 0.6) is 5.75 Å². The number of ether oxygens (including phenoxy) is 1. The van der Waals surface area contributed by atoms with Crippen LogP contribution < -0.4 is 5.63 Å². The number of carbonyl (C=O) groups is 2. The first-order valence-electron chi connectivity index (χ1n) is 11.7. The minimum Gasteiger partial charge on any atom is -0.507 e. The van der Waals surface area contributed by atoms with E-state index >= 15 is 0 Å². The molecule has 1 N–H and O–H groups in total. The first-order valence-corrected chi connectivity index (χ1v) is 12.5. The third-order valence-corrected chi connectivity index (χ3v) is 7.10. The van der Waals surface area contributed by atoms with Crippen LogP contribution >= 0.6 is 11.3 Å². The van der Waals surface area contributed by atoms with Crippen molar-refractivity contribution in [2.75, 3.05) is 7.11 Å². The molecule has 0 saturated heterocycles. The normalized spacial score (nSPS) is 15.0. The van der Waals surface area contributed by atoms with Gasteiger partial charge in [-0.15, -0.1) is 11.3 Å². The van der Waals surface area contributed by atoms with E-state index in [4.69, 9.17) is 4.42 Å². The summed E-state index contributed by atoms with van der Waals surface area (Å²) in [6, 6.07) is 5.42. The maximum absolute atomic E-state index is 12.9. The molecule has 0 amide bonds. The highest BCUT2D eigenvalue weighted by Crippen LogP contribution is 2.34. The second kappa shape index (κ2) is 12.0. The van der Waals surface area contributed by atoms with Gasteiger partial charge in [-0.1, -0.05) is 31.9 Å². The number of aromatic hydroxyl groups is 1. The molecular formula is C27H32O6S. The maximum Gasteiger partial charge on any atom is 0.351 e. The maximum atomic E-state index is 12.9. The standard InChI is InChI=1S/C27H32O6S/c1-17(7-5-4-6-8-24(29)32-3)23-16-22(28)25(27(31)33-23)26(30)18(2)15-21-14-13-20(34-21)12-11-19-9-10-19/h4,6,13-17,19,28H,5,7-12H2,1-3H3/b6-4+,18-15?. The van der Waals surface area contributed by atoms with E-state index in [9.17, 15) is 19.5 Å². The fourth-order valence-electron chi connectivity index (χ4n) is 3.66. The highest BCUT2D eigenvalue weighted by Gasteiger charge is 2.23. The molecule has 1 saturated carbocycles. The molecule has 2 aromatic rings. The van der Waals surface area contributed by atoms with E-state index in [1.165, 1.54) is 37.3 Å². The average molecular weight is 485 g/mol. The number of allylic oxidation sites excluding steroid dienone is 2. The quantitative estimate of drug-likeness (QED) is 0.171. The zero-order chi connectivity index (χ0) is 24.7. The minimum atomic E-state index is -0.836. The van der Waals surface area contributed by atoms with Crippen molar-refractivity contribution in [3.63, 3.8) is 0 Å². The van der Waals surface area contributed by atoms with Gasteiger partial charge in [0.1, 0.15) is 17.1 Å². The van der Waals surface area contributed by atoms with Crippen LogP contribution in [-0.4, -0.2) is 24.0 Å². The Kier molecular flexibility index (Phi) is 9.05. The largest absolute Gasteiger partial charge is 0.507 e. The molecule has 1 unspecified atom stereocenters. The Hall–Kier alpha value is -2.93. The summed E-state index contributed by atoms with van der Waals surface area (Å²) in [7, 11) is 1.34. The molecule has 0 aliphatic heterocycles. The van der Waals surface area contributed by atoms with Gasteiger partial charge in [0, 0.05) is 21.7 Å². The molecule has 1 atom stereocenters. The van der Waals surface area contributed by atoms with E-state index in [1.54, 1.807) is 30.4 Å². The Morgan fingerprint density at radius 3 is 2.74 bits per heavy atom. The zero-order valence-electron chi connectivity index (χ0n) is 20.0.